The highest BCUT2D eigenvalue weighted by Crippen LogP contribution is 2.11. The minimum Gasteiger partial charge on any atom is -0.497 e. The van der Waals surface area contributed by atoms with Gasteiger partial charge in [0.25, 0.3) is 0 Å². The number of hydrogen-bond donors (Lipinski definition) is 2. The molecule has 0 bridgehead atoms. The summed E-state index contributed by atoms with van der Waals surface area (Å²) in [5.41, 5.74) is 9.44. The lowest BCUT2D eigenvalue weighted by Crippen LogP contribution is -2.13. The molecular weight excluding hydrogens is 248 g/mol. The van der Waals surface area contributed by atoms with Crippen LogP contribution in [0.2, 0.25) is 0 Å². The molecule has 0 amide bonds. The third-order valence-corrected chi connectivity index (χ3v) is 3.24. The molecule has 0 fully saturated rings. The lowest BCUT2D eigenvalue weighted by atomic mass is 10.1. The van der Waals surface area contributed by atoms with Gasteiger partial charge >= 0.3 is 0 Å². The van der Waals surface area contributed by atoms with E-state index in [4.69, 9.17) is 10.5 Å². The van der Waals surface area contributed by atoms with E-state index in [2.05, 4.69) is 41.7 Å². The Morgan fingerprint density at radius 2 is 1.65 bits per heavy atom. The van der Waals surface area contributed by atoms with Crippen molar-refractivity contribution >= 4 is 0 Å². The van der Waals surface area contributed by atoms with Crippen LogP contribution in [0.4, 0.5) is 0 Å². The molecule has 0 aliphatic rings. The molecule has 0 spiro atoms. The maximum atomic E-state index is 5.58. The van der Waals surface area contributed by atoms with Gasteiger partial charge in [-0.15, -0.1) is 0 Å². The summed E-state index contributed by atoms with van der Waals surface area (Å²) in [6, 6.07) is 16.7. The van der Waals surface area contributed by atoms with Crippen molar-refractivity contribution in [3.05, 3.63) is 65.2 Å². The van der Waals surface area contributed by atoms with Gasteiger partial charge in [-0.25, -0.2) is 0 Å². The number of nitrogens with one attached hydrogen (secondary N) is 1. The van der Waals surface area contributed by atoms with Crippen LogP contribution in [0.25, 0.3) is 0 Å². The molecule has 20 heavy (non-hydrogen) atoms. The Labute approximate surface area is 120 Å². The second kappa shape index (κ2) is 7.68. The van der Waals surface area contributed by atoms with Gasteiger partial charge in [-0.1, -0.05) is 36.4 Å². The molecule has 3 N–H and O–H groups in total. The summed E-state index contributed by atoms with van der Waals surface area (Å²) >= 11 is 0. The van der Waals surface area contributed by atoms with Crippen molar-refractivity contribution in [3.8, 4) is 5.75 Å². The molecule has 0 aliphatic heterocycles. The van der Waals surface area contributed by atoms with Crippen LogP contribution < -0.4 is 15.8 Å². The summed E-state index contributed by atoms with van der Waals surface area (Å²) in [6.07, 6.45) is 0.937. The molecule has 3 nitrogen and oxygen atoms in total. The number of hydrogen-bond acceptors (Lipinski definition) is 3. The Hall–Kier alpha value is -1.84. The van der Waals surface area contributed by atoms with Gasteiger partial charge < -0.3 is 15.8 Å². The minimum absolute atomic E-state index is 0.697. The highest BCUT2D eigenvalue weighted by atomic mass is 16.5. The van der Waals surface area contributed by atoms with Gasteiger partial charge in [-0.2, -0.15) is 0 Å². The van der Waals surface area contributed by atoms with Crippen LogP contribution in [0.1, 0.15) is 16.7 Å². The zero-order chi connectivity index (χ0) is 14.2. The largest absolute Gasteiger partial charge is 0.497 e. The van der Waals surface area contributed by atoms with Crippen LogP contribution in [-0.2, 0) is 19.5 Å². The predicted molar refractivity (Wildman–Crippen MR) is 82.7 cm³/mol. The summed E-state index contributed by atoms with van der Waals surface area (Å²) in [6.45, 7) is 2.41. The fourth-order valence-corrected chi connectivity index (χ4v) is 2.16. The zero-order valence-corrected chi connectivity index (χ0v) is 11.9. The second-order valence-electron chi connectivity index (χ2n) is 4.81. The molecule has 0 unspecified atom stereocenters. The molecule has 0 saturated carbocycles. The average Bonchev–Trinajstić information content (AvgIpc) is 2.49. The van der Waals surface area contributed by atoms with E-state index in [0.29, 0.717) is 6.54 Å². The van der Waals surface area contributed by atoms with E-state index in [1.54, 1.807) is 7.11 Å². The van der Waals surface area contributed by atoms with E-state index in [-0.39, 0.29) is 0 Å². The van der Waals surface area contributed by atoms with Gasteiger partial charge in [0.2, 0.25) is 0 Å². The Balaban J connectivity index is 1.84. The normalized spacial score (nSPS) is 10.5. The predicted octanol–water partition coefficient (Wildman–Crippen LogP) is 2.49. The smallest absolute Gasteiger partial charge is 0.118 e. The standard InChI is InChI=1S/C17H22N2O/c1-20-17-7-5-15(6-8-17)12-19-13-16-4-2-3-14(11-16)9-10-18/h2-8,11,19H,9-10,12-13,18H2,1H3. The van der Waals surface area contributed by atoms with Crippen molar-refractivity contribution in [2.45, 2.75) is 19.5 Å². The van der Waals surface area contributed by atoms with Crippen molar-refractivity contribution in [3.63, 3.8) is 0 Å². The fraction of sp³-hybridized carbons (Fsp3) is 0.294. The van der Waals surface area contributed by atoms with E-state index in [0.717, 1.165) is 25.3 Å². The second-order valence-corrected chi connectivity index (χ2v) is 4.81. The van der Waals surface area contributed by atoms with Crippen molar-refractivity contribution in [1.82, 2.24) is 5.32 Å². The number of ether oxygens (including phenoxy) is 1. The van der Waals surface area contributed by atoms with Crippen LogP contribution >= 0.6 is 0 Å². The third kappa shape index (κ3) is 4.37. The first-order valence-corrected chi connectivity index (χ1v) is 6.93. The molecule has 2 rings (SSSR count). The number of methoxy groups -OCH3 is 1. The molecule has 0 radical (unpaired) electrons. The van der Waals surface area contributed by atoms with Crippen molar-refractivity contribution in [2.75, 3.05) is 13.7 Å². The van der Waals surface area contributed by atoms with Crippen LogP contribution in [0.15, 0.2) is 48.5 Å². The number of nitrogens with two attached hydrogens (primary N) is 1. The van der Waals surface area contributed by atoms with Crippen molar-refractivity contribution in [2.24, 2.45) is 5.73 Å². The van der Waals surface area contributed by atoms with E-state index < -0.39 is 0 Å². The topological polar surface area (TPSA) is 47.3 Å². The molecule has 106 valence electrons. The fourth-order valence-electron chi connectivity index (χ4n) is 2.16. The summed E-state index contributed by atoms with van der Waals surface area (Å²) in [7, 11) is 1.68. The Kier molecular flexibility index (Phi) is 5.59. The molecule has 0 aromatic heterocycles. The van der Waals surface area contributed by atoms with Crippen molar-refractivity contribution in [1.29, 1.82) is 0 Å². The summed E-state index contributed by atoms with van der Waals surface area (Å²) in [4.78, 5) is 0. The zero-order valence-electron chi connectivity index (χ0n) is 11.9. The van der Waals surface area contributed by atoms with Crippen LogP contribution in [0.3, 0.4) is 0 Å². The molecule has 0 aliphatic carbocycles. The SMILES string of the molecule is COc1ccc(CNCc2cccc(CCN)c2)cc1. The molecule has 3 heteroatoms. The van der Waals surface area contributed by atoms with E-state index >= 15 is 0 Å². The monoisotopic (exact) mass is 270 g/mol. The Bertz CT molecular complexity index is 523. The first kappa shape index (κ1) is 14.6. The highest BCUT2D eigenvalue weighted by molar-refractivity contribution is 5.27. The summed E-state index contributed by atoms with van der Waals surface area (Å²) in [5.74, 6) is 0.892. The van der Waals surface area contributed by atoms with E-state index in [1.807, 2.05) is 12.1 Å². The van der Waals surface area contributed by atoms with Crippen LogP contribution in [0, 0.1) is 0 Å². The molecule has 0 saturated heterocycles. The van der Waals surface area contributed by atoms with Gasteiger partial charge in [0.1, 0.15) is 5.75 Å². The lowest BCUT2D eigenvalue weighted by Gasteiger charge is -2.07. The molecule has 0 atom stereocenters. The van der Waals surface area contributed by atoms with Crippen LogP contribution in [0.5, 0.6) is 5.75 Å². The number of benzene rings is 2. The molecule has 2 aromatic rings. The van der Waals surface area contributed by atoms with Gasteiger partial charge in [0, 0.05) is 13.1 Å². The minimum atomic E-state index is 0.697. The highest BCUT2D eigenvalue weighted by Gasteiger charge is 1.97. The van der Waals surface area contributed by atoms with E-state index in [1.165, 1.54) is 16.7 Å². The number of rotatable bonds is 7. The molecule has 0 heterocycles. The van der Waals surface area contributed by atoms with Crippen molar-refractivity contribution < 1.29 is 4.74 Å². The summed E-state index contributed by atoms with van der Waals surface area (Å²) < 4.78 is 5.15. The lowest BCUT2D eigenvalue weighted by molar-refractivity contribution is 0.414. The maximum Gasteiger partial charge on any atom is 0.118 e. The maximum absolute atomic E-state index is 5.58. The quantitative estimate of drug-likeness (QED) is 0.812. The molecule has 2 aromatic carbocycles. The van der Waals surface area contributed by atoms with E-state index in [9.17, 15) is 0 Å². The van der Waals surface area contributed by atoms with Gasteiger partial charge in [0.05, 0.1) is 7.11 Å². The van der Waals surface area contributed by atoms with Crippen LogP contribution in [-0.4, -0.2) is 13.7 Å². The Morgan fingerprint density at radius 3 is 2.35 bits per heavy atom. The average molecular weight is 270 g/mol. The first-order chi connectivity index (χ1) is 9.81. The van der Waals surface area contributed by atoms with Gasteiger partial charge in [0.15, 0.2) is 0 Å². The van der Waals surface area contributed by atoms with Gasteiger partial charge in [-0.05, 0) is 41.8 Å². The Morgan fingerprint density at radius 1 is 0.950 bits per heavy atom. The summed E-state index contributed by atoms with van der Waals surface area (Å²) in [5, 5.41) is 3.45. The first-order valence-electron chi connectivity index (χ1n) is 6.93. The van der Waals surface area contributed by atoms with Gasteiger partial charge in [-0.3, -0.25) is 0 Å². The molecular formula is C17H22N2O. The third-order valence-electron chi connectivity index (χ3n) is 3.24.